The van der Waals surface area contributed by atoms with Crippen molar-refractivity contribution in [1.82, 2.24) is 0 Å². The summed E-state index contributed by atoms with van der Waals surface area (Å²) in [5, 5.41) is 0. The molecule has 0 fully saturated rings. The van der Waals surface area contributed by atoms with E-state index in [0.717, 1.165) is 12.2 Å². The summed E-state index contributed by atoms with van der Waals surface area (Å²) in [4.78, 5) is 0. The third-order valence-corrected chi connectivity index (χ3v) is 3.26. The summed E-state index contributed by atoms with van der Waals surface area (Å²) >= 11 is 0. The van der Waals surface area contributed by atoms with Gasteiger partial charge in [0.1, 0.15) is 12.4 Å². The van der Waals surface area contributed by atoms with Gasteiger partial charge in [-0.15, -0.1) is 0 Å². The van der Waals surface area contributed by atoms with Gasteiger partial charge in [0, 0.05) is 0 Å². The van der Waals surface area contributed by atoms with Crippen LogP contribution in [0.1, 0.15) is 22.3 Å². The lowest BCUT2D eigenvalue weighted by Gasteiger charge is -2.10. The number of nitrogens with two attached hydrogens (primary N) is 1. The van der Waals surface area contributed by atoms with Crippen molar-refractivity contribution < 1.29 is 4.74 Å². The van der Waals surface area contributed by atoms with Crippen molar-refractivity contribution in [3.8, 4) is 5.75 Å². The van der Waals surface area contributed by atoms with Crippen LogP contribution < -0.4 is 10.5 Å². The van der Waals surface area contributed by atoms with Crippen LogP contribution in [0.5, 0.6) is 5.75 Å². The Kier molecular flexibility index (Phi) is 4.58. The van der Waals surface area contributed by atoms with E-state index in [4.69, 9.17) is 10.5 Å². The fourth-order valence-corrected chi connectivity index (χ4v) is 2.04. The van der Waals surface area contributed by atoms with Crippen LogP contribution in [-0.4, -0.2) is 6.54 Å². The van der Waals surface area contributed by atoms with Gasteiger partial charge in [-0.2, -0.15) is 0 Å². The lowest BCUT2D eigenvalue weighted by Crippen LogP contribution is -2.02. The largest absolute Gasteiger partial charge is 0.489 e. The van der Waals surface area contributed by atoms with Gasteiger partial charge in [-0.25, -0.2) is 0 Å². The highest BCUT2D eigenvalue weighted by atomic mass is 16.5. The van der Waals surface area contributed by atoms with Gasteiger partial charge in [-0.1, -0.05) is 35.9 Å². The quantitative estimate of drug-likeness (QED) is 0.889. The predicted octanol–water partition coefficient (Wildman–Crippen LogP) is 3.38. The molecule has 0 aliphatic rings. The lowest BCUT2D eigenvalue weighted by molar-refractivity contribution is 0.305. The predicted molar refractivity (Wildman–Crippen MR) is 79.4 cm³/mol. The van der Waals surface area contributed by atoms with E-state index in [1.807, 2.05) is 12.1 Å². The number of aryl methyl sites for hydroxylation is 2. The van der Waals surface area contributed by atoms with Crippen molar-refractivity contribution in [3.05, 3.63) is 64.7 Å². The van der Waals surface area contributed by atoms with E-state index in [9.17, 15) is 0 Å². The van der Waals surface area contributed by atoms with Gasteiger partial charge in [-0.05, 0) is 55.6 Å². The maximum absolute atomic E-state index is 5.83. The van der Waals surface area contributed by atoms with Gasteiger partial charge in [0.2, 0.25) is 0 Å². The van der Waals surface area contributed by atoms with E-state index in [-0.39, 0.29) is 0 Å². The van der Waals surface area contributed by atoms with Crippen LogP contribution in [-0.2, 0) is 13.0 Å². The van der Waals surface area contributed by atoms with Gasteiger partial charge in [0.05, 0.1) is 0 Å². The molecule has 0 aromatic heterocycles. The highest BCUT2D eigenvalue weighted by molar-refractivity contribution is 5.31. The minimum Gasteiger partial charge on any atom is -0.489 e. The monoisotopic (exact) mass is 255 g/mol. The highest BCUT2D eigenvalue weighted by Gasteiger charge is 2.01. The molecule has 2 N–H and O–H groups in total. The van der Waals surface area contributed by atoms with E-state index in [1.165, 1.54) is 22.3 Å². The third-order valence-electron chi connectivity index (χ3n) is 3.26. The number of benzene rings is 2. The Bertz CT molecular complexity index is 531. The molecule has 19 heavy (non-hydrogen) atoms. The number of rotatable bonds is 5. The maximum atomic E-state index is 5.83. The zero-order valence-electron chi connectivity index (χ0n) is 11.6. The molecule has 0 saturated carbocycles. The zero-order valence-corrected chi connectivity index (χ0v) is 11.6. The molecule has 0 radical (unpaired) electrons. The van der Waals surface area contributed by atoms with Crippen molar-refractivity contribution in [1.29, 1.82) is 0 Å². The van der Waals surface area contributed by atoms with Crippen LogP contribution in [0.4, 0.5) is 0 Å². The minimum absolute atomic E-state index is 0.615. The second kappa shape index (κ2) is 6.39. The van der Waals surface area contributed by atoms with E-state index >= 15 is 0 Å². The molecule has 0 heterocycles. The molecule has 0 atom stereocenters. The van der Waals surface area contributed by atoms with Gasteiger partial charge < -0.3 is 10.5 Å². The van der Waals surface area contributed by atoms with Crippen LogP contribution in [0.3, 0.4) is 0 Å². The smallest absolute Gasteiger partial charge is 0.119 e. The van der Waals surface area contributed by atoms with Crippen LogP contribution in [0, 0.1) is 13.8 Å². The molecule has 2 rings (SSSR count). The molecular weight excluding hydrogens is 234 g/mol. The molecular formula is C17H21NO. The summed E-state index contributed by atoms with van der Waals surface area (Å²) in [5.74, 6) is 0.904. The average molecular weight is 255 g/mol. The van der Waals surface area contributed by atoms with Crippen LogP contribution in [0.25, 0.3) is 0 Å². The van der Waals surface area contributed by atoms with Crippen molar-refractivity contribution in [2.24, 2.45) is 5.73 Å². The number of hydrogen-bond donors (Lipinski definition) is 1. The third kappa shape index (κ3) is 3.83. The first-order chi connectivity index (χ1) is 9.19. The van der Waals surface area contributed by atoms with Gasteiger partial charge in [0.15, 0.2) is 0 Å². The lowest BCUT2D eigenvalue weighted by atomic mass is 10.1. The molecule has 2 aromatic carbocycles. The van der Waals surface area contributed by atoms with Crippen LogP contribution in [0.15, 0.2) is 42.5 Å². The normalized spacial score (nSPS) is 10.5. The van der Waals surface area contributed by atoms with E-state index < -0.39 is 0 Å². The molecule has 0 bridgehead atoms. The Morgan fingerprint density at radius 2 is 1.74 bits per heavy atom. The molecule has 0 unspecified atom stereocenters. The van der Waals surface area contributed by atoms with Crippen molar-refractivity contribution in [2.45, 2.75) is 26.9 Å². The van der Waals surface area contributed by atoms with Crippen molar-refractivity contribution >= 4 is 0 Å². The van der Waals surface area contributed by atoms with Gasteiger partial charge >= 0.3 is 0 Å². The Balaban J connectivity index is 2.00. The van der Waals surface area contributed by atoms with Crippen LogP contribution >= 0.6 is 0 Å². The molecule has 0 amide bonds. The van der Waals surface area contributed by atoms with Gasteiger partial charge in [-0.3, -0.25) is 0 Å². The van der Waals surface area contributed by atoms with Crippen molar-refractivity contribution in [2.75, 3.05) is 6.54 Å². The summed E-state index contributed by atoms with van der Waals surface area (Å²) in [7, 11) is 0. The second-order valence-corrected chi connectivity index (χ2v) is 4.90. The van der Waals surface area contributed by atoms with Gasteiger partial charge in [0.25, 0.3) is 0 Å². The molecule has 0 saturated heterocycles. The fourth-order valence-electron chi connectivity index (χ4n) is 2.04. The molecule has 0 aliphatic carbocycles. The first-order valence-electron chi connectivity index (χ1n) is 6.67. The van der Waals surface area contributed by atoms with Crippen molar-refractivity contribution in [3.63, 3.8) is 0 Å². The van der Waals surface area contributed by atoms with E-state index in [2.05, 4.69) is 44.2 Å². The summed E-state index contributed by atoms with van der Waals surface area (Å²) in [6.45, 7) is 5.51. The molecule has 0 aliphatic heterocycles. The minimum atomic E-state index is 0.615. The number of hydrogen-bond acceptors (Lipinski definition) is 2. The maximum Gasteiger partial charge on any atom is 0.119 e. The SMILES string of the molecule is Cc1ccc(C)c(COc2ccc(CCN)cc2)c1. The summed E-state index contributed by atoms with van der Waals surface area (Å²) in [6.07, 6.45) is 0.914. The summed E-state index contributed by atoms with van der Waals surface area (Å²) in [6, 6.07) is 14.6. The standard InChI is InChI=1S/C17H21NO/c1-13-3-4-14(2)16(11-13)12-19-17-7-5-15(6-8-17)9-10-18/h3-8,11H,9-10,12,18H2,1-2H3. The Labute approximate surface area is 115 Å². The topological polar surface area (TPSA) is 35.2 Å². The first kappa shape index (κ1) is 13.6. The molecule has 2 nitrogen and oxygen atoms in total. The average Bonchev–Trinajstić information content (AvgIpc) is 2.42. The summed E-state index contributed by atoms with van der Waals surface area (Å²) < 4.78 is 5.83. The second-order valence-electron chi connectivity index (χ2n) is 4.90. The van der Waals surface area contributed by atoms with E-state index in [1.54, 1.807) is 0 Å². The first-order valence-corrected chi connectivity index (χ1v) is 6.67. The van der Waals surface area contributed by atoms with E-state index in [0.29, 0.717) is 13.2 Å². The Morgan fingerprint density at radius 1 is 1.00 bits per heavy atom. The Morgan fingerprint density at radius 3 is 2.42 bits per heavy atom. The number of ether oxygens (including phenoxy) is 1. The summed E-state index contributed by atoms with van der Waals surface area (Å²) in [5.41, 5.74) is 10.6. The molecule has 100 valence electrons. The molecule has 2 heteroatoms. The molecule has 0 spiro atoms. The molecule has 2 aromatic rings. The highest BCUT2D eigenvalue weighted by Crippen LogP contribution is 2.17. The fraction of sp³-hybridized carbons (Fsp3) is 0.294. The Hall–Kier alpha value is -1.80. The zero-order chi connectivity index (χ0) is 13.7. The van der Waals surface area contributed by atoms with Crippen LogP contribution in [0.2, 0.25) is 0 Å².